The molecular weight excluding hydrogens is 360 g/mol. The second kappa shape index (κ2) is 8.23. The van der Waals surface area contributed by atoms with Crippen LogP contribution < -0.4 is 5.32 Å². The fourth-order valence-corrected chi connectivity index (χ4v) is 4.97. The van der Waals surface area contributed by atoms with Crippen molar-refractivity contribution in [3.8, 4) is 0 Å². The zero-order valence-electron chi connectivity index (χ0n) is 15.8. The van der Waals surface area contributed by atoms with Gasteiger partial charge in [-0.2, -0.15) is 4.31 Å². The van der Waals surface area contributed by atoms with E-state index in [1.807, 2.05) is 38.1 Å². The molecule has 0 spiro atoms. The van der Waals surface area contributed by atoms with Gasteiger partial charge in [0.15, 0.2) is 0 Å². The Morgan fingerprint density at radius 2 is 1.59 bits per heavy atom. The van der Waals surface area contributed by atoms with Crippen LogP contribution in [0.3, 0.4) is 0 Å². The number of benzene rings is 2. The van der Waals surface area contributed by atoms with E-state index in [1.54, 1.807) is 24.3 Å². The van der Waals surface area contributed by atoms with Gasteiger partial charge < -0.3 is 5.32 Å². The quantitative estimate of drug-likeness (QED) is 0.858. The van der Waals surface area contributed by atoms with Crippen molar-refractivity contribution in [1.29, 1.82) is 0 Å². The Kier molecular flexibility index (Phi) is 5.97. The van der Waals surface area contributed by atoms with E-state index >= 15 is 0 Å². The van der Waals surface area contributed by atoms with E-state index in [0.717, 1.165) is 29.5 Å². The summed E-state index contributed by atoms with van der Waals surface area (Å²) in [5.41, 5.74) is 3.16. The maximum atomic E-state index is 13.1. The second-order valence-electron chi connectivity index (χ2n) is 7.14. The zero-order chi connectivity index (χ0) is 19.4. The first-order chi connectivity index (χ1) is 12.9. The predicted octanol–water partition coefficient (Wildman–Crippen LogP) is 3.16. The van der Waals surface area contributed by atoms with Crippen molar-refractivity contribution in [3.63, 3.8) is 0 Å². The van der Waals surface area contributed by atoms with Gasteiger partial charge in [0.1, 0.15) is 6.04 Å². The number of aryl methyl sites for hydroxylation is 2. The molecule has 2 aromatic rings. The van der Waals surface area contributed by atoms with Crippen molar-refractivity contribution >= 4 is 15.9 Å². The Hall–Kier alpha value is -2.18. The Balaban J connectivity index is 1.75. The first-order valence-corrected chi connectivity index (χ1v) is 10.7. The lowest BCUT2D eigenvalue weighted by molar-refractivity contribution is -0.125. The number of carbonyl (C=O) groups excluding carboxylic acids is 1. The molecule has 1 saturated heterocycles. The summed E-state index contributed by atoms with van der Waals surface area (Å²) in [6, 6.07) is 14.1. The van der Waals surface area contributed by atoms with Gasteiger partial charge in [0.25, 0.3) is 0 Å². The average Bonchev–Trinajstić information content (AvgIpc) is 2.67. The number of piperidine rings is 1. The van der Waals surface area contributed by atoms with Crippen LogP contribution in [0.5, 0.6) is 0 Å². The molecule has 0 aliphatic carbocycles. The Morgan fingerprint density at radius 1 is 1.00 bits per heavy atom. The third-order valence-corrected chi connectivity index (χ3v) is 6.89. The number of nitrogens with one attached hydrogen (secondary N) is 1. The fourth-order valence-electron chi connectivity index (χ4n) is 3.31. The Bertz CT molecular complexity index is 890. The molecule has 27 heavy (non-hydrogen) atoms. The minimum absolute atomic E-state index is 0.231. The number of hydrogen-bond acceptors (Lipinski definition) is 3. The Morgan fingerprint density at radius 3 is 2.22 bits per heavy atom. The molecule has 1 atom stereocenters. The van der Waals surface area contributed by atoms with Gasteiger partial charge >= 0.3 is 0 Å². The first-order valence-electron chi connectivity index (χ1n) is 9.30. The molecule has 0 unspecified atom stereocenters. The molecule has 0 radical (unpaired) electrons. The minimum atomic E-state index is -3.69. The summed E-state index contributed by atoms with van der Waals surface area (Å²) in [4.78, 5) is 13.0. The normalized spacial score (nSPS) is 18.2. The smallest absolute Gasteiger partial charge is 0.243 e. The summed E-state index contributed by atoms with van der Waals surface area (Å²) >= 11 is 0. The third-order valence-electron chi connectivity index (χ3n) is 4.97. The van der Waals surface area contributed by atoms with Gasteiger partial charge in [0, 0.05) is 13.1 Å². The van der Waals surface area contributed by atoms with Crippen molar-refractivity contribution in [3.05, 3.63) is 65.2 Å². The molecule has 5 nitrogen and oxygen atoms in total. The SMILES string of the molecule is Cc1ccc(CNC(=O)[C@@H]2CCCCN2S(=O)(=O)c2ccc(C)cc2)cc1. The third kappa shape index (κ3) is 4.57. The number of nitrogens with zero attached hydrogens (tertiary/aromatic N) is 1. The number of amides is 1. The minimum Gasteiger partial charge on any atom is -0.351 e. The molecule has 6 heteroatoms. The largest absolute Gasteiger partial charge is 0.351 e. The van der Waals surface area contributed by atoms with Crippen LogP contribution in [0.4, 0.5) is 0 Å². The average molecular weight is 387 g/mol. The molecule has 3 rings (SSSR count). The van der Waals surface area contributed by atoms with E-state index in [9.17, 15) is 13.2 Å². The van der Waals surface area contributed by atoms with Crippen LogP contribution >= 0.6 is 0 Å². The van der Waals surface area contributed by atoms with Crippen molar-refractivity contribution in [2.75, 3.05) is 6.54 Å². The van der Waals surface area contributed by atoms with Crippen LogP contribution in [0, 0.1) is 13.8 Å². The molecule has 1 N–H and O–H groups in total. The van der Waals surface area contributed by atoms with Crippen LogP contribution in [0.1, 0.15) is 36.0 Å². The van der Waals surface area contributed by atoms with Crippen molar-refractivity contribution < 1.29 is 13.2 Å². The Labute approximate surface area is 161 Å². The van der Waals surface area contributed by atoms with Crippen LogP contribution in [-0.2, 0) is 21.4 Å². The van der Waals surface area contributed by atoms with Crippen molar-refractivity contribution in [2.24, 2.45) is 0 Å². The summed E-state index contributed by atoms with van der Waals surface area (Å²) in [5, 5.41) is 2.91. The molecule has 2 aromatic carbocycles. The highest BCUT2D eigenvalue weighted by atomic mass is 32.2. The monoisotopic (exact) mass is 386 g/mol. The summed E-state index contributed by atoms with van der Waals surface area (Å²) < 4.78 is 27.5. The lowest BCUT2D eigenvalue weighted by Crippen LogP contribution is -2.51. The van der Waals surface area contributed by atoms with E-state index < -0.39 is 16.1 Å². The van der Waals surface area contributed by atoms with Crippen LogP contribution in [0.2, 0.25) is 0 Å². The molecule has 1 aliphatic rings. The molecule has 0 bridgehead atoms. The number of sulfonamides is 1. The maximum absolute atomic E-state index is 13.1. The predicted molar refractivity (Wildman–Crippen MR) is 106 cm³/mol. The number of carbonyl (C=O) groups is 1. The van der Waals surface area contributed by atoms with Crippen LogP contribution in [-0.4, -0.2) is 31.2 Å². The summed E-state index contributed by atoms with van der Waals surface area (Å²) in [6.07, 6.45) is 2.17. The van der Waals surface area contributed by atoms with Gasteiger partial charge in [0.2, 0.25) is 15.9 Å². The molecule has 144 valence electrons. The van der Waals surface area contributed by atoms with E-state index in [2.05, 4.69) is 5.32 Å². The van der Waals surface area contributed by atoms with E-state index in [-0.39, 0.29) is 10.8 Å². The molecule has 1 aliphatic heterocycles. The highest BCUT2D eigenvalue weighted by Crippen LogP contribution is 2.26. The lowest BCUT2D eigenvalue weighted by Gasteiger charge is -2.33. The number of rotatable bonds is 5. The highest BCUT2D eigenvalue weighted by Gasteiger charge is 2.37. The molecule has 1 fully saturated rings. The fraction of sp³-hybridized carbons (Fsp3) is 0.381. The topological polar surface area (TPSA) is 66.5 Å². The molecule has 0 aromatic heterocycles. The summed E-state index contributed by atoms with van der Waals surface area (Å²) in [5.74, 6) is -0.231. The van der Waals surface area contributed by atoms with Crippen molar-refractivity contribution in [2.45, 2.75) is 50.6 Å². The van der Waals surface area contributed by atoms with E-state index in [4.69, 9.17) is 0 Å². The zero-order valence-corrected chi connectivity index (χ0v) is 16.6. The van der Waals surface area contributed by atoms with E-state index in [0.29, 0.717) is 19.5 Å². The van der Waals surface area contributed by atoms with E-state index in [1.165, 1.54) is 4.31 Å². The molecule has 1 amide bonds. The van der Waals surface area contributed by atoms with Gasteiger partial charge in [-0.05, 0) is 44.4 Å². The first kappa shape index (κ1) is 19.6. The van der Waals surface area contributed by atoms with Gasteiger partial charge in [-0.1, -0.05) is 53.9 Å². The van der Waals surface area contributed by atoms with Gasteiger partial charge in [0.05, 0.1) is 4.90 Å². The standard InChI is InChI=1S/C21H26N2O3S/c1-16-6-10-18(11-7-16)15-22-21(24)20-5-3-4-14-23(20)27(25,26)19-12-8-17(2)9-13-19/h6-13,20H,3-5,14-15H2,1-2H3,(H,22,24)/t20-/m0/s1. The molecular formula is C21H26N2O3S. The summed E-state index contributed by atoms with van der Waals surface area (Å²) in [7, 11) is -3.69. The van der Waals surface area contributed by atoms with Crippen LogP contribution in [0.25, 0.3) is 0 Å². The highest BCUT2D eigenvalue weighted by molar-refractivity contribution is 7.89. The molecule has 1 heterocycles. The summed E-state index contributed by atoms with van der Waals surface area (Å²) in [6.45, 7) is 4.70. The van der Waals surface area contributed by atoms with Gasteiger partial charge in [-0.15, -0.1) is 0 Å². The van der Waals surface area contributed by atoms with Crippen LogP contribution in [0.15, 0.2) is 53.4 Å². The maximum Gasteiger partial charge on any atom is 0.243 e. The number of hydrogen-bond donors (Lipinski definition) is 1. The van der Waals surface area contributed by atoms with Gasteiger partial charge in [-0.3, -0.25) is 4.79 Å². The molecule has 0 saturated carbocycles. The van der Waals surface area contributed by atoms with Gasteiger partial charge in [-0.25, -0.2) is 8.42 Å². The second-order valence-corrected chi connectivity index (χ2v) is 9.03. The lowest BCUT2D eigenvalue weighted by atomic mass is 10.0. The van der Waals surface area contributed by atoms with Crippen molar-refractivity contribution in [1.82, 2.24) is 9.62 Å².